The van der Waals surface area contributed by atoms with E-state index in [1.807, 2.05) is 30.3 Å². The third kappa shape index (κ3) is 3.18. The van der Waals surface area contributed by atoms with Crippen molar-refractivity contribution in [3.63, 3.8) is 0 Å². The normalized spacial score (nSPS) is 17.9. The predicted octanol–water partition coefficient (Wildman–Crippen LogP) is 2.35. The van der Waals surface area contributed by atoms with Crippen molar-refractivity contribution in [3.05, 3.63) is 35.9 Å². The van der Waals surface area contributed by atoms with Crippen LogP contribution in [0.15, 0.2) is 30.3 Å². The molecule has 2 rings (SSSR count). The van der Waals surface area contributed by atoms with Crippen LogP contribution in [-0.4, -0.2) is 30.3 Å². The summed E-state index contributed by atoms with van der Waals surface area (Å²) in [6.45, 7) is 2.38. The fourth-order valence-electron chi connectivity index (χ4n) is 2.41. The number of nitriles is 1. The molecule has 18 heavy (non-hydrogen) atoms. The molecule has 1 aromatic rings. The summed E-state index contributed by atoms with van der Waals surface area (Å²) >= 11 is 0. The molecule has 1 atom stereocenters. The molecule has 1 aliphatic heterocycles. The van der Waals surface area contributed by atoms with Crippen LogP contribution in [0.25, 0.3) is 0 Å². The van der Waals surface area contributed by atoms with E-state index in [1.54, 1.807) is 0 Å². The Morgan fingerprint density at radius 1 is 1.22 bits per heavy atom. The van der Waals surface area contributed by atoms with E-state index in [9.17, 15) is 10.1 Å². The lowest BCUT2D eigenvalue weighted by molar-refractivity contribution is -0.120. The first-order chi connectivity index (χ1) is 8.81. The molecule has 0 spiro atoms. The zero-order valence-electron chi connectivity index (χ0n) is 10.5. The molecule has 0 aliphatic carbocycles. The van der Waals surface area contributed by atoms with Crippen molar-refractivity contribution in [3.8, 4) is 6.07 Å². The Bertz CT molecular complexity index is 430. The molecule has 1 fully saturated rings. The Labute approximate surface area is 108 Å². The Morgan fingerprint density at radius 2 is 1.89 bits per heavy atom. The van der Waals surface area contributed by atoms with Crippen LogP contribution >= 0.6 is 0 Å². The summed E-state index contributed by atoms with van der Waals surface area (Å²) in [6.07, 6.45) is 3.58. The molecule has 0 N–H and O–H groups in total. The summed E-state index contributed by atoms with van der Waals surface area (Å²) in [4.78, 5) is 14.3. The van der Waals surface area contributed by atoms with E-state index in [0.29, 0.717) is 6.54 Å². The van der Waals surface area contributed by atoms with Gasteiger partial charge in [-0.1, -0.05) is 36.8 Å². The molecule has 0 bridgehead atoms. The van der Waals surface area contributed by atoms with Crippen molar-refractivity contribution in [2.24, 2.45) is 0 Å². The molecule has 1 aromatic carbocycles. The highest BCUT2D eigenvalue weighted by atomic mass is 16.1. The highest BCUT2D eigenvalue weighted by molar-refractivity contribution is 5.90. The summed E-state index contributed by atoms with van der Waals surface area (Å²) in [7, 11) is 0. The van der Waals surface area contributed by atoms with Crippen LogP contribution in [0.5, 0.6) is 0 Å². The average Bonchev–Trinajstić information content (AvgIpc) is 2.42. The van der Waals surface area contributed by atoms with Crippen LogP contribution in [0.1, 0.15) is 30.7 Å². The molecule has 0 saturated carbocycles. The van der Waals surface area contributed by atoms with Crippen LogP contribution in [0, 0.1) is 11.3 Å². The third-order valence-corrected chi connectivity index (χ3v) is 3.41. The molecule has 0 amide bonds. The zero-order chi connectivity index (χ0) is 12.8. The van der Waals surface area contributed by atoms with Gasteiger partial charge < -0.3 is 0 Å². The van der Waals surface area contributed by atoms with E-state index in [2.05, 4.69) is 11.0 Å². The molecule has 1 aliphatic rings. The second kappa shape index (κ2) is 6.32. The molecule has 0 radical (unpaired) electrons. The van der Waals surface area contributed by atoms with Gasteiger partial charge in [0.2, 0.25) is 0 Å². The summed E-state index contributed by atoms with van der Waals surface area (Å²) < 4.78 is 0. The second-order valence-corrected chi connectivity index (χ2v) is 4.78. The fourth-order valence-corrected chi connectivity index (χ4v) is 2.41. The number of hydrogen-bond acceptors (Lipinski definition) is 3. The maximum absolute atomic E-state index is 12.2. The fraction of sp³-hybridized carbons (Fsp3) is 0.467. The minimum atomic E-state index is -0.617. The SMILES string of the molecule is N#C[C@H](C(=O)CN1CCCCC1)c1ccccc1. The summed E-state index contributed by atoms with van der Waals surface area (Å²) in [6, 6.07) is 11.5. The number of hydrogen-bond donors (Lipinski definition) is 0. The molecular weight excluding hydrogens is 224 g/mol. The molecule has 1 saturated heterocycles. The second-order valence-electron chi connectivity index (χ2n) is 4.78. The third-order valence-electron chi connectivity index (χ3n) is 3.41. The largest absolute Gasteiger partial charge is 0.296 e. The van der Waals surface area contributed by atoms with Crippen molar-refractivity contribution in [2.75, 3.05) is 19.6 Å². The Balaban J connectivity index is 2.00. The van der Waals surface area contributed by atoms with Gasteiger partial charge in [0.05, 0.1) is 12.6 Å². The van der Waals surface area contributed by atoms with E-state index < -0.39 is 5.92 Å². The smallest absolute Gasteiger partial charge is 0.168 e. The number of benzene rings is 1. The van der Waals surface area contributed by atoms with Gasteiger partial charge in [-0.25, -0.2) is 0 Å². The standard InChI is InChI=1S/C15H18N2O/c16-11-14(13-7-3-1-4-8-13)15(18)12-17-9-5-2-6-10-17/h1,3-4,7-8,14H,2,5-6,9-10,12H2/t14-/m0/s1. The van der Waals surface area contributed by atoms with Gasteiger partial charge in [-0.2, -0.15) is 5.26 Å². The molecule has 1 heterocycles. The van der Waals surface area contributed by atoms with E-state index in [4.69, 9.17) is 0 Å². The lowest BCUT2D eigenvalue weighted by atomic mass is 9.95. The van der Waals surface area contributed by atoms with Crippen molar-refractivity contribution in [1.82, 2.24) is 4.90 Å². The molecular formula is C15H18N2O. The summed E-state index contributed by atoms with van der Waals surface area (Å²) in [5, 5.41) is 9.19. The molecule has 0 unspecified atom stereocenters. The number of likely N-dealkylation sites (tertiary alicyclic amines) is 1. The highest BCUT2D eigenvalue weighted by Crippen LogP contribution is 2.17. The average molecular weight is 242 g/mol. The minimum absolute atomic E-state index is 0.0191. The number of nitrogens with zero attached hydrogens (tertiary/aromatic N) is 2. The van der Waals surface area contributed by atoms with E-state index >= 15 is 0 Å². The van der Waals surface area contributed by atoms with Crippen molar-refractivity contribution >= 4 is 5.78 Å². The van der Waals surface area contributed by atoms with Crippen LogP contribution in [-0.2, 0) is 4.79 Å². The summed E-state index contributed by atoms with van der Waals surface area (Å²) in [5.41, 5.74) is 0.807. The van der Waals surface area contributed by atoms with Crippen molar-refractivity contribution in [2.45, 2.75) is 25.2 Å². The first-order valence-electron chi connectivity index (χ1n) is 6.51. The molecule has 3 nitrogen and oxygen atoms in total. The van der Waals surface area contributed by atoms with Gasteiger partial charge in [0.25, 0.3) is 0 Å². The van der Waals surface area contributed by atoms with Gasteiger partial charge in [-0.3, -0.25) is 9.69 Å². The Morgan fingerprint density at radius 3 is 2.50 bits per heavy atom. The highest BCUT2D eigenvalue weighted by Gasteiger charge is 2.22. The van der Waals surface area contributed by atoms with E-state index in [0.717, 1.165) is 31.5 Å². The summed E-state index contributed by atoms with van der Waals surface area (Å²) in [5.74, 6) is -0.598. The number of ketones is 1. The number of carbonyl (C=O) groups excluding carboxylic acids is 1. The van der Waals surface area contributed by atoms with Crippen LogP contribution < -0.4 is 0 Å². The maximum Gasteiger partial charge on any atom is 0.168 e. The van der Waals surface area contributed by atoms with Gasteiger partial charge in [0, 0.05) is 0 Å². The first kappa shape index (κ1) is 12.8. The first-order valence-corrected chi connectivity index (χ1v) is 6.51. The maximum atomic E-state index is 12.2. The van der Waals surface area contributed by atoms with Crippen molar-refractivity contribution < 1.29 is 4.79 Å². The topological polar surface area (TPSA) is 44.1 Å². The van der Waals surface area contributed by atoms with E-state index in [1.165, 1.54) is 6.42 Å². The lowest BCUT2D eigenvalue weighted by Gasteiger charge is -2.26. The van der Waals surface area contributed by atoms with Gasteiger partial charge in [0.1, 0.15) is 5.92 Å². The van der Waals surface area contributed by atoms with Crippen LogP contribution in [0.2, 0.25) is 0 Å². The monoisotopic (exact) mass is 242 g/mol. The Kier molecular flexibility index (Phi) is 4.49. The van der Waals surface area contributed by atoms with Gasteiger partial charge >= 0.3 is 0 Å². The van der Waals surface area contributed by atoms with Gasteiger partial charge in [-0.15, -0.1) is 0 Å². The molecule has 0 aromatic heterocycles. The zero-order valence-corrected chi connectivity index (χ0v) is 10.5. The van der Waals surface area contributed by atoms with Gasteiger partial charge in [0.15, 0.2) is 5.78 Å². The molecule has 94 valence electrons. The molecule has 3 heteroatoms. The van der Waals surface area contributed by atoms with Crippen LogP contribution in [0.3, 0.4) is 0 Å². The van der Waals surface area contributed by atoms with Gasteiger partial charge in [-0.05, 0) is 31.5 Å². The van der Waals surface area contributed by atoms with Crippen molar-refractivity contribution in [1.29, 1.82) is 5.26 Å². The van der Waals surface area contributed by atoms with Crippen LogP contribution in [0.4, 0.5) is 0 Å². The predicted molar refractivity (Wildman–Crippen MR) is 70.1 cm³/mol. The lowest BCUT2D eigenvalue weighted by Crippen LogP contribution is -2.36. The number of piperidine rings is 1. The number of rotatable bonds is 4. The van der Waals surface area contributed by atoms with E-state index in [-0.39, 0.29) is 5.78 Å². The number of Topliss-reactive ketones (excluding diaryl/α,β-unsaturated/α-hetero) is 1. The Hall–Kier alpha value is -1.66. The minimum Gasteiger partial charge on any atom is -0.296 e. The quantitative estimate of drug-likeness (QED) is 0.814. The number of carbonyl (C=O) groups is 1.